The number of aromatic nitrogens is 3. The van der Waals surface area contributed by atoms with Crippen molar-refractivity contribution in [2.75, 3.05) is 0 Å². The number of fused-ring (bicyclic) bond motifs is 1. The topological polar surface area (TPSA) is 30.2 Å². The molecule has 0 aliphatic carbocycles. The first-order valence-corrected chi connectivity index (χ1v) is 4.80. The zero-order chi connectivity index (χ0) is 10.3. The minimum Gasteiger partial charge on any atom is -0.238 e. The summed E-state index contributed by atoms with van der Waals surface area (Å²) in [7, 11) is 0. The molecule has 0 fully saturated rings. The summed E-state index contributed by atoms with van der Waals surface area (Å²) in [5, 5.41) is 4.20. The van der Waals surface area contributed by atoms with Crippen molar-refractivity contribution >= 4 is 5.52 Å². The van der Waals surface area contributed by atoms with E-state index in [2.05, 4.69) is 36.9 Å². The van der Waals surface area contributed by atoms with Gasteiger partial charge in [0.1, 0.15) is 5.82 Å². The molecule has 0 amide bonds. The third-order valence-corrected chi connectivity index (χ3v) is 2.31. The maximum Gasteiger partial charge on any atom is 0.127 e. The predicted molar refractivity (Wildman–Crippen MR) is 56.4 cm³/mol. The lowest BCUT2D eigenvalue weighted by Gasteiger charge is -2.18. The largest absolute Gasteiger partial charge is 0.238 e. The lowest BCUT2D eigenvalue weighted by atomic mass is 9.92. The normalized spacial score (nSPS) is 12.3. The number of hydrogen-bond donors (Lipinski definition) is 0. The van der Waals surface area contributed by atoms with E-state index in [0.717, 1.165) is 17.0 Å². The number of hydrogen-bond acceptors (Lipinski definition) is 2. The van der Waals surface area contributed by atoms with Gasteiger partial charge in [0.05, 0.1) is 17.4 Å². The van der Waals surface area contributed by atoms with E-state index in [1.807, 2.05) is 17.5 Å². The van der Waals surface area contributed by atoms with Gasteiger partial charge in [-0.2, -0.15) is 5.10 Å². The molecule has 2 aromatic heterocycles. The molecule has 3 nitrogen and oxygen atoms in total. The second-order valence-electron chi connectivity index (χ2n) is 4.61. The molecule has 0 radical (unpaired) electrons. The zero-order valence-electron chi connectivity index (χ0n) is 9.07. The molecule has 2 rings (SSSR count). The number of nitrogens with zero attached hydrogens (tertiary/aromatic N) is 3. The first-order valence-electron chi connectivity index (χ1n) is 4.80. The fourth-order valence-corrected chi connectivity index (χ4v) is 1.47. The highest BCUT2D eigenvalue weighted by molar-refractivity contribution is 5.47. The summed E-state index contributed by atoms with van der Waals surface area (Å²) in [6.45, 7) is 8.49. The first-order chi connectivity index (χ1) is 6.48. The average Bonchev–Trinajstić information content (AvgIpc) is 2.50. The van der Waals surface area contributed by atoms with Crippen LogP contribution in [0, 0.1) is 6.92 Å². The smallest absolute Gasteiger partial charge is 0.127 e. The van der Waals surface area contributed by atoms with Crippen LogP contribution in [0.5, 0.6) is 0 Å². The van der Waals surface area contributed by atoms with E-state index in [1.165, 1.54) is 0 Å². The molecule has 0 N–H and O–H groups in total. The SMILES string of the molecule is Cc1nc(C(C)(C)C)cc2ccnn12. The fraction of sp³-hybridized carbons (Fsp3) is 0.455. The van der Waals surface area contributed by atoms with Crippen LogP contribution in [0.4, 0.5) is 0 Å². The molecular weight excluding hydrogens is 174 g/mol. The zero-order valence-corrected chi connectivity index (χ0v) is 9.07. The third-order valence-electron chi connectivity index (χ3n) is 2.31. The third kappa shape index (κ3) is 1.39. The molecule has 0 aliphatic rings. The van der Waals surface area contributed by atoms with Crippen molar-refractivity contribution in [1.82, 2.24) is 14.6 Å². The summed E-state index contributed by atoms with van der Waals surface area (Å²) >= 11 is 0. The highest BCUT2D eigenvalue weighted by Crippen LogP contribution is 2.21. The summed E-state index contributed by atoms with van der Waals surface area (Å²) in [6, 6.07) is 4.10. The van der Waals surface area contributed by atoms with Crippen LogP contribution in [-0.2, 0) is 5.41 Å². The van der Waals surface area contributed by atoms with Crippen LogP contribution < -0.4 is 0 Å². The molecule has 0 saturated heterocycles. The van der Waals surface area contributed by atoms with Gasteiger partial charge in [0.15, 0.2) is 0 Å². The first kappa shape index (κ1) is 9.19. The summed E-state index contributed by atoms with van der Waals surface area (Å²) in [5.74, 6) is 0.942. The molecule has 0 spiro atoms. The second-order valence-corrected chi connectivity index (χ2v) is 4.61. The van der Waals surface area contributed by atoms with Gasteiger partial charge in [0, 0.05) is 5.41 Å². The van der Waals surface area contributed by atoms with Crippen LogP contribution in [0.3, 0.4) is 0 Å². The van der Waals surface area contributed by atoms with E-state index in [0.29, 0.717) is 0 Å². The van der Waals surface area contributed by atoms with Crippen LogP contribution in [0.1, 0.15) is 32.3 Å². The lowest BCUT2D eigenvalue weighted by Crippen LogP contribution is -2.15. The maximum atomic E-state index is 4.55. The summed E-state index contributed by atoms with van der Waals surface area (Å²) in [5.41, 5.74) is 2.32. The molecule has 0 aliphatic heterocycles. The molecule has 0 bridgehead atoms. The number of aryl methyl sites for hydroxylation is 1. The molecule has 3 heteroatoms. The van der Waals surface area contributed by atoms with Crippen molar-refractivity contribution < 1.29 is 0 Å². The van der Waals surface area contributed by atoms with E-state index < -0.39 is 0 Å². The molecule has 74 valence electrons. The van der Waals surface area contributed by atoms with Gasteiger partial charge >= 0.3 is 0 Å². The van der Waals surface area contributed by atoms with Gasteiger partial charge in [-0.25, -0.2) is 9.50 Å². The Morgan fingerprint density at radius 2 is 2.00 bits per heavy atom. The Morgan fingerprint density at radius 3 is 2.64 bits per heavy atom. The molecular formula is C11H15N3. The second kappa shape index (κ2) is 2.80. The average molecular weight is 189 g/mol. The van der Waals surface area contributed by atoms with Gasteiger partial charge in [-0.05, 0) is 19.1 Å². The van der Waals surface area contributed by atoms with Crippen LogP contribution in [0.2, 0.25) is 0 Å². The molecule has 0 aromatic carbocycles. The maximum absolute atomic E-state index is 4.55. The van der Waals surface area contributed by atoms with Gasteiger partial charge in [0.25, 0.3) is 0 Å². The standard InChI is InChI=1S/C11H15N3/c1-8-13-10(11(2,3)4)7-9-5-6-12-14(8)9/h5-7H,1-4H3. The van der Waals surface area contributed by atoms with E-state index in [9.17, 15) is 0 Å². The van der Waals surface area contributed by atoms with Gasteiger partial charge < -0.3 is 0 Å². The van der Waals surface area contributed by atoms with Crippen LogP contribution >= 0.6 is 0 Å². The van der Waals surface area contributed by atoms with Crippen LogP contribution in [0.15, 0.2) is 18.3 Å². The molecule has 0 unspecified atom stereocenters. The van der Waals surface area contributed by atoms with Crippen molar-refractivity contribution in [3.8, 4) is 0 Å². The van der Waals surface area contributed by atoms with Crippen molar-refractivity contribution in [1.29, 1.82) is 0 Å². The Kier molecular flexibility index (Phi) is 1.84. The van der Waals surface area contributed by atoms with E-state index in [-0.39, 0.29) is 5.41 Å². The lowest BCUT2D eigenvalue weighted by molar-refractivity contribution is 0.562. The van der Waals surface area contributed by atoms with Gasteiger partial charge in [0.2, 0.25) is 0 Å². The Hall–Kier alpha value is -1.38. The van der Waals surface area contributed by atoms with Gasteiger partial charge in [-0.15, -0.1) is 0 Å². The van der Waals surface area contributed by atoms with Crippen molar-refractivity contribution in [3.05, 3.63) is 29.8 Å². The Bertz CT molecular complexity index is 463. The Labute approximate surface area is 83.8 Å². The highest BCUT2D eigenvalue weighted by atomic mass is 15.2. The van der Waals surface area contributed by atoms with Crippen molar-refractivity contribution in [2.45, 2.75) is 33.1 Å². The van der Waals surface area contributed by atoms with Crippen molar-refractivity contribution in [2.24, 2.45) is 0 Å². The van der Waals surface area contributed by atoms with E-state index in [4.69, 9.17) is 0 Å². The minimum atomic E-state index is 0.0940. The predicted octanol–water partition coefficient (Wildman–Crippen LogP) is 2.34. The fourth-order valence-electron chi connectivity index (χ4n) is 1.47. The molecule has 2 aromatic rings. The van der Waals surface area contributed by atoms with Gasteiger partial charge in [-0.1, -0.05) is 20.8 Å². The molecule has 14 heavy (non-hydrogen) atoms. The Morgan fingerprint density at radius 1 is 1.29 bits per heavy atom. The van der Waals surface area contributed by atoms with E-state index in [1.54, 1.807) is 6.20 Å². The van der Waals surface area contributed by atoms with Crippen molar-refractivity contribution in [3.63, 3.8) is 0 Å². The molecule has 2 heterocycles. The van der Waals surface area contributed by atoms with Crippen LogP contribution in [-0.4, -0.2) is 14.6 Å². The summed E-state index contributed by atoms with van der Waals surface area (Å²) < 4.78 is 1.86. The van der Waals surface area contributed by atoms with Gasteiger partial charge in [-0.3, -0.25) is 0 Å². The summed E-state index contributed by atoms with van der Waals surface area (Å²) in [4.78, 5) is 4.55. The summed E-state index contributed by atoms with van der Waals surface area (Å²) in [6.07, 6.45) is 1.80. The quantitative estimate of drug-likeness (QED) is 0.636. The molecule has 0 saturated carbocycles. The minimum absolute atomic E-state index is 0.0940. The monoisotopic (exact) mass is 189 g/mol. The Balaban J connectivity index is 2.70. The number of rotatable bonds is 0. The molecule has 0 atom stereocenters. The van der Waals surface area contributed by atoms with Crippen LogP contribution in [0.25, 0.3) is 5.52 Å². The highest BCUT2D eigenvalue weighted by Gasteiger charge is 2.16. The van der Waals surface area contributed by atoms with E-state index >= 15 is 0 Å².